The molecule has 1 saturated carbocycles. The number of hydrogen-bond acceptors (Lipinski definition) is 4. The Balaban J connectivity index is 2.45. The van der Waals surface area contributed by atoms with Crippen LogP contribution >= 0.6 is 0 Å². The molecule has 400 valence electrons. The fourth-order valence-electron chi connectivity index (χ4n) is 10.7. The van der Waals surface area contributed by atoms with Crippen LogP contribution in [0.5, 0.6) is 0 Å². The number of aliphatic hydroxyl groups is 1. The minimum atomic E-state index is -0.110. The van der Waals surface area contributed by atoms with E-state index in [2.05, 4.69) is 41.7 Å². The lowest BCUT2D eigenvalue weighted by Gasteiger charge is -2.36. The minimum absolute atomic E-state index is 0.110. The molecule has 0 saturated heterocycles. The second-order valence-corrected chi connectivity index (χ2v) is 21.6. The third kappa shape index (κ3) is 40.0. The van der Waals surface area contributed by atoms with Gasteiger partial charge in [0, 0.05) is 45.1 Å². The molecule has 1 rings (SSSR count). The van der Waals surface area contributed by atoms with Crippen LogP contribution in [0.1, 0.15) is 309 Å². The topological polar surface area (TPSA) is 64.1 Å². The van der Waals surface area contributed by atoms with Crippen molar-refractivity contribution < 1.29 is 14.7 Å². The van der Waals surface area contributed by atoms with Crippen molar-refractivity contribution in [3.05, 3.63) is 25.3 Å². The number of nitrogens with zero attached hydrogens (tertiary/aromatic N) is 3. The van der Waals surface area contributed by atoms with E-state index in [1.165, 1.54) is 218 Å². The maximum atomic E-state index is 13.5. The first kappa shape index (κ1) is 64.4. The van der Waals surface area contributed by atoms with Gasteiger partial charge in [0.15, 0.2) is 0 Å². The Morgan fingerprint density at radius 2 is 0.647 bits per heavy atom. The van der Waals surface area contributed by atoms with Crippen molar-refractivity contribution in [2.24, 2.45) is 0 Å². The second-order valence-electron chi connectivity index (χ2n) is 21.6. The normalized spacial score (nSPS) is 15.0. The zero-order valence-corrected chi connectivity index (χ0v) is 46.1. The van der Waals surface area contributed by atoms with E-state index >= 15 is 0 Å². The van der Waals surface area contributed by atoms with Crippen molar-refractivity contribution >= 4 is 11.8 Å². The van der Waals surface area contributed by atoms with Crippen molar-refractivity contribution in [3.8, 4) is 0 Å². The first-order chi connectivity index (χ1) is 33.5. The highest BCUT2D eigenvalue weighted by molar-refractivity contribution is 5.76. The fourth-order valence-corrected chi connectivity index (χ4v) is 10.7. The van der Waals surface area contributed by atoms with Crippen LogP contribution in [0.4, 0.5) is 0 Å². The van der Waals surface area contributed by atoms with Crippen molar-refractivity contribution in [2.45, 2.75) is 321 Å². The molecule has 0 bridgehead atoms. The van der Waals surface area contributed by atoms with E-state index < -0.39 is 0 Å². The summed E-state index contributed by atoms with van der Waals surface area (Å²) < 4.78 is 0. The zero-order valence-electron chi connectivity index (χ0n) is 46.1. The largest absolute Gasteiger partial charge is 0.393 e. The average molecular weight is 955 g/mol. The van der Waals surface area contributed by atoms with Gasteiger partial charge in [-0.25, -0.2) is 0 Å². The minimum Gasteiger partial charge on any atom is -0.393 e. The lowest BCUT2D eigenvalue weighted by molar-refractivity contribution is -0.132. The van der Waals surface area contributed by atoms with Gasteiger partial charge in [-0.1, -0.05) is 206 Å². The monoisotopic (exact) mass is 954 g/mol. The number of allylic oxidation sites excluding steroid dienone is 2. The second kappa shape index (κ2) is 50.3. The molecule has 1 aliphatic carbocycles. The van der Waals surface area contributed by atoms with Gasteiger partial charge in [0.05, 0.1) is 6.10 Å². The number of aliphatic hydroxyl groups excluding tert-OH is 1. The Kier molecular flexibility index (Phi) is 47.6. The van der Waals surface area contributed by atoms with Gasteiger partial charge in [-0.05, 0) is 116 Å². The third-order valence-corrected chi connectivity index (χ3v) is 15.3. The van der Waals surface area contributed by atoms with Crippen molar-refractivity contribution in [3.63, 3.8) is 0 Å². The lowest BCUT2D eigenvalue weighted by atomic mass is 9.91. The van der Waals surface area contributed by atoms with Crippen LogP contribution in [0, 0.1) is 0 Å². The molecule has 2 amide bonds. The van der Waals surface area contributed by atoms with Crippen LogP contribution in [0.2, 0.25) is 0 Å². The Morgan fingerprint density at radius 3 is 0.956 bits per heavy atom. The number of carbonyl (C=O) groups is 2. The number of amides is 2. The Labute approximate surface area is 425 Å². The number of hydrogen-bond donors (Lipinski definition) is 1. The number of rotatable bonds is 53. The standard InChI is InChI=1S/C62H119N3O3/c1-5-9-13-17-21-25-33-43-55-64(56-44-34-26-22-18-14-10-6-2)61(67)47-39-31-29-37-41-53-63(59-49-51-60(66)52-50-59)54-42-38-30-32-40-48-62(68)65(57-45-35-27-23-19-15-11-7-3)58-46-36-28-24-20-16-12-8-4/h5-6,59-60,66H,1-2,7-58H2,3-4H3. The highest BCUT2D eigenvalue weighted by Crippen LogP contribution is 2.25. The van der Waals surface area contributed by atoms with Crippen molar-refractivity contribution in [1.29, 1.82) is 0 Å². The van der Waals surface area contributed by atoms with E-state index in [-0.39, 0.29) is 6.10 Å². The molecule has 6 heteroatoms. The molecule has 0 heterocycles. The summed E-state index contributed by atoms with van der Waals surface area (Å²) in [4.78, 5) is 34.2. The summed E-state index contributed by atoms with van der Waals surface area (Å²) >= 11 is 0. The van der Waals surface area contributed by atoms with Crippen LogP contribution in [-0.2, 0) is 9.59 Å². The maximum absolute atomic E-state index is 13.5. The van der Waals surface area contributed by atoms with Gasteiger partial charge >= 0.3 is 0 Å². The molecule has 1 N–H and O–H groups in total. The SMILES string of the molecule is C=CCCCCCCCCN(CCCCCCCCC=C)C(=O)CCCCCCCN(CCCCCCCC(=O)N(CCCCCCCCCC)CCCCCCCCCC)C1CCC(O)CC1. The first-order valence-corrected chi connectivity index (χ1v) is 30.7. The zero-order chi connectivity index (χ0) is 49.2. The van der Waals surface area contributed by atoms with Gasteiger partial charge in [0.2, 0.25) is 11.8 Å². The van der Waals surface area contributed by atoms with Crippen LogP contribution in [0.25, 0.3) is 0 Å². The highest BCUT2D eigenvalue weighted by atomic mass is 16.3. The van der Waals surface area contributed by atoms with Crippen LogP contribution in [-0.4, -0.2) is 83.0 Å². The Morgan fingerprint density at radius 1 is 0.382 bits per heavy atom. The average Bonchev–Trinajstić information content (AvgIpc) is 3.34. The molecular formula is C62H119N3O3. The molecule has 68 heavy (non-hydrogen) atoms. The molecule has 0 aromatic rings. The molecular weight excluding hydrogens is 835 g/mol. The molecule has 1 fully saturated rings. The van der Waals surface area contributed by atoms with Gasteiger partial charge in [-0.3, -0.25) is 9.59 Å². The van der Waals surface area contributed by atoms with Crippen molar-refractivity contribution in [1.82, 2.24) is 14.7 Å². The van der Waals surface area contributed by atoms with Gasteiger partial charge < -0.3 is 19.8 Å². The van der Waals surface area contributed by atoms with E-state index in [9.17, 15) is 14.7 Å². The van der Waals surface area contributed by atoms with E-state index in [0.29, 0.717) is 24.3 Å². The molecule has 0 radical (unpaired) electrons. The molecule has 0 atom stereocenters. The first-order valence-electron chi connectivity index (χ1n) is 30.7. The number of unbranched alkanes of at least 4 members (excludes halogenated alkanes) is 34. The lowest BCUT2D eigenvalue weighted by Crippen LogP contribution is -2.40. The van der Waals surface area contributed by atoms with E-state index in [1.54, 1.807) is 0 Å². The Bertz CT molecular complexity index is 1060. The molecule has 0 aromatic carbocycles. The molecule has 6 nitrogen and oxygen atoms in total. The predicted molar refractivity (Wildman–Crippen MR) is 299 cm³/mol. The summed E-state index contributed by atoms with van der Waals surface area (Å²) in [5, 5.41) is 10.3. The molecule has 0 spiro atoms. The summed E-state index contributed by atoms with van der Waals surface area (Å²) in [7, 11) is 0. The molecule has 1 aliphatic rings. The van der Waals surface area contributed by atoms with E-state index in [1.807, 2.05) is 12.2 Å². The summed E-state index contributed by atoms with van der Waals surface area (Å²) in [6.07, 6.45) is 59.7. The maximum Gasteiger partial charge on any atom is 0.222 e. The van der Waals surface area contributed by atoms with E-state index in [0.717, 1.165) is 110 Å². The fraction of sp³-hybridized carbons (Fsp3) is 0.903. The highest BCUT2D eigenvalue weighted by Gasteiger charge is 2.24. The molecule has 0 unspecified atom stereocenters. The summed E-state index contributed by atoms with van der Waals surface area (Å²) in [6.45, 7) is 18.4. The van der Waals surface area contributed by atoms with Gasteiger partial charge in [0.1, 0.15) is 0 Å². The van der Waals surface area contributed by atoms with Gasteiger partial charge in [-0.2, -0.15) is 0 Å². The van der Waals surface area contributed by atoms with Crippen LogP contribution < -0.4 is 0 Å². The predicted octanol–water partition coefficient (Wildman–Crippen LogP) is 18.0. The smallest absolute Gasteiger partial charge is 0.222 e. The van der Waals surface area contributed by atoms with Crippen LogP contribution in [0.3, 0.4) is 0 Å². The third-order valence-electron chi connectivity index (χ3n) is 15.3. The van der Waals surface area contributed by atoms with Crippen LogP contribution in [0.15, 0.2) is 25.3 Å². The van der Waals surface area contributed by atoms with Gasteiger partial charge in [-0.15, -0.1) is 13.2 Å². The molecule has 0 aromatic heterocycles. The summed E-state index contributed by atoms with van der Waals surface area (Å²) in [5.74, 6) is 0.804. The van der Waals surface area contributed by atoms with Crippen molar-refractivity contribution in [2.75, 3.05) is 39.3 Å². The Hall–Kier alpha value is -1.66. The number of carbonyl (C=O) groups excluding carboxylic acids is 2. The quantitative estimate of drug-likeness (QED) is 0.0487. The van der Waals surface area contributed by atoms with E-state index in [4.69, 9.17) is 0 Å². The summed E-state index contributed by atoms with van der Waals surface area (Å²) in [6, 6.07) is 0.613. The summed E-state index contributed by atoms with van der Waals surface area (Å²) in [5.41, 5.74) is 0. The van der Waals surface area contributed by atoms with Gasteiger partial charge in [0.25, 0.3) is 0 Å². The molecule has 0 aliphatic heterocycles.